The molecule has 2 rings (SSSR count). The van der Waals surface area contributed by atoms with Gasteiger partial charge in [0.1, 0.15) is 0 Å². The lowest BCUT2D eigenvalue weighted by atomic mass is 10.1. The number of nitrogens with zero attached hydrogens (tertiary/aromatic N) is 2. The third-order valence-electron chi connectivity index (χ3n) is 4.25. The van der Waals surface area contributed by atoms with Gasteiger partial charge in [0, 0.05) is 19.6 Å². The number of likely N-dealkylation sites (N-methyl/N-ethyl adjacent to an activating group) is 2. The molecule has 0 aliphatic carbocycles. The lowest BCUT2D eigenvalue weighted by Gasteiger charge is -2.29. The highest BCUT2D eigenvalue weighted by Crippen LogP contribution is 2.26. The summed E-state index contributed by atoms with van der Waals surface area (Å²) in [4.78, 5) is 16.2. The number of methoxy groups -OCH3 is 1. The van der Waals surface area contributed by atoms with Crippen LogP contribution in [0.2, 0.25) is 0 Å². The second-order valence-corrected chi connectivity index (χ2v) is 5.57. The number of carbonyl (C=O) groups is 1. The molecule has 1 aliphatic rings. The maximum absolute atomic E-state index is 11.5. The van der Waals surface area contributed by atoms with E-state index in [0.29, 0.717) is 17.3 Å². The minimum atomic E-state index is -0.358. The zero-order chi connectivity index (χ0) is 15.4. The molecule has 0 radical (unpaired) electrons. The smallest absolute Gasteiger partial charge is 0.337 e. The molecule has 21 heavy (non-hydrogen) atoms. The van der Waals surface area contributed by atoms with E-state index in [1.165, 1.54) is 26.5 Å². The predicted octanol–water partition coefficient (Wildman–Crippen LogP) is 1.98. The Morgan fingerprint density at radius 3 is 2.90 bits per heavy atom. The highest BCUT2D eigenvalue weighted by Gasteiger charge is 2.24. The molecule has 5 heteroatoms. The fourth-order valence-corrected chi connectivity index (χ4v) is 3.08. The monoisotopic (exact) mass is 291 g/mol. The van der Waals surface area contributed by atoms with E-state index in [-0.39, 0.29) is 5.97 Å². The zero-order valence-corrected chi connectivity index (χ0v) is 13.1. The van der Waals surface area contributed by atoms with Crippen molar-refractivity contribution in [3.8, 4) is 0 Å². The normalized spacial score (nSPS) is 18.7. The first-order valence-electron chi connectivity index (χ1n) is 7.49. The van der Waals surface area contributed by atoms with E-state index in [1.807, 2.05) is 6.07 Å². The Balaban J connectivity index is 2.08. The topological polar surface area (TPSA) is 58.8 Å². The summed E-state index contributed by atoms with van der Waals surface area (Å²) >= 11 is 0. The van der Waals surface area contributed by atoms with Gasteiger partial charge in [0.15, 0.2) is 0 Å². The van der Waals surface area contributed by atoms with Crippen molar-refractivity contribution < 1.29 is 9.53 Å². The van der Waals surface area contributed by atoms with Crippen LogP contribution >= 0.6 is 0 Å². The van der Waals surface area contributed by atoms with Gasteiger partial charge in [0.25, 0.3) is 0 Å². The third kappa shape index (κ3) is 3.47. The lowest BCUT2D eigenvalue weighted by Crippen LogP contribution is -2.39. The van der Waals surface area contributed by atoms with Gasteiger partial charge in [-0.05, 0) is 44.1 Å². The van der Waals surface area contributed by atoms with Crippen LogP contribution < -0.4 is 10.6 Å². The molecule has 2 N–H and O–H groups in total. The van der Waals surface area contributed by atoms with Crippen molar-refractivity contribution in [2.24, 2.45) is 0 Å². The predicted molar refractivity (Wildman–Crippen MR) is 85.7 cm³/mol. The fourth-order valence-electron chi connectivity index (χ4n) is 3.08. The first kappa shape index (κ1) is 15.6. The van der Waals surface area contributed by atoms with Gasteiger partial charge in [-0.3, -0.25) is 4.90 Å². The number of hydrogen-bond donors (Lipinski definition) is 1. The molecule has 0 spiro atoms. The third-order valence-corrected chi connectivity index (χ3v) is 4.25. The van der Waals surface area contributed by atoms with Crippen molar-refractivity contribution in [1.29, 1.82) is 0 Å². The minimum Gasteiger partial charge on any atom is -0.465 e. The number of hydrogen-bond acceptors (Lipinski definition) is 5. The summed E-state index contributed by atoms with van der Waals surface area (Å²) in [6.45, 7) is 5.44. The molecule has 0 aromatic heterocycles. The van der Waals surface area contributed by atoms with Gasteiger partial charge in [-0.2, -0.15) is 0 Å². The zero-order valence-electron chi connectivity index (χ0n) is 13.1. The summed E-state index contributed by atoms with van der Waals surface area (Å²) in [5.41, 5.74) is 8.16. The van der Waals surface area contributed by atoms with E-state index in [2.05, 4.69) is 23.8 Å². The van der Waals surface area contributed by atoms with Crippen molar-refractivity contribution in [3.63, 3.8) is 0 Å². The first-order valence-corrected chi connectivity index (χ1v) is 7.49. The molecule has 1 aromatic rings. The van der Waals surface area contributed by atoms with Crippen molar-refractivity contribution in [2.75, 3.05) is 44.4 Å². The summed E-state index contributed by atoms with van der Waals surface area (Å²) in [5, 5.41) is 0. The van der Waals surface area contributed by atoms with Gasteiger partial charge in [-0.15, -0.1) is 0 Å². The highest BCUT2D eigenvalue weighted by molar-refractivity contribution is 5.91. The molecule has 0 saturated carbocycles. The van der Waals surface area contributed by atoms with Crippen molar-refractivity contribution >= 4 is 17.3 Å². The molecular formula is C16H25N3O2. The van der Waals surface area contributed by atoms with Crippen LogP contribution in [-0.2, 0) is 4.74 Å². The Hall–Kier alpha value is -1.75. The van der Waals surface area contributed by atoms with Gasteiger partial charge in [0.05, 0.1) is 24.0 Å². The molecule has 1 saturated heterocycles. The van der Waals surface area contributed by atoms with Gasteiger partial charge >= 0.3 is 5.97 Å². The van der Waals surface area contributed by atoms with E-state index in [1.54, 1.807) is 12.1 Å². The summed E-state index contributed by atoms with van der Waals surface area (Å²) in [6.07, 6.45) is 2.50. The van der Waals surface area contributed by atoms with Gasteiger partial charge in [-0.25, -0.2) is 4.79 Å². The largest absolute Gasteiger partial charge is 0.465 e. The number of nitrogen functional groups attached to an aromatic ring is 1. The molecule has 1 atom stereocenters. The minimum absolute atomic E-state index is 0.358. The van der Waals surface area contributed by atoms with Crippen molar-refractivity contribution in [2.45, 2.75) is 25.8 Å². The van der Waals surface area contributed by atoms with Crippen LogP contribution in [0.15, 0.2) is 18.2 Å². The second-order valence-electron chi connectivity index (χ2n) is 5.57. The lowest BCUT2D eigenvalue weighted by molar-refractivity contribution is 0.0601. The van der Waals surface area contributed by atoms with E-state index < -0.39 is 0 Å². The summed E-state index contributed by atoms with van der Waals surface area (Å²) in [7, 11) is 3.42. The van der Waals surface area contributed by atoms with E-state index in [9.17, 15) is 4.79 Å². The number of rotatable bonds is 5. The SMILES string of the molecule is CCN1CCCC1CN(C)c1ccc(C(=O)OC)cc1N. The number of carbonyl (C=O) groups excluding carboxylic acids is 1. The standard InChI is InChI=1S/C16H25N3O2/c1-4-19-9-5-6-13(19)11-18(2)15-8-7-12(10-14(15)17)16(20)21-3/h7-8,10,13H,4-6,9,11,17H2,1-3H3. The second kappa shape index (κ2) is 6.80. The summed E-state index contributed by atoms with van der Waals surface area (Å²) in [5.74, 6) is -0.358. The Morgan fingerprint density at radius 1 is 1.52 bits per heavy atom. The number of esters is 1. The van der Waals surface area contributed by atoms with Gasteiger partial charge in [-0.1, -0.05) is 6.92 Å². The maximum atomic E-state index is 11.5. The van der Waals surface area contributed by atoms with Crippen LogP contribution in [0.4, 0.5) is 11.4 Å². The van der Waals surface area contributed by atoms with Crippen molar-refractivity contribution in [3.05, 3.63) is 23.8 Å². The Kier molecular flexibility index (Phi) is 5.07. The molecule has 0 amide bonds. The Bertz CT molecular complexity index is 504. The molecule has 1 aromatic carbocycles. The number of nitrogens with two attached hydrogens (primary N) is 1. The number of benzene rings is 1. The van der Waals surface area contributed by atoms with E-state index >= 15 is 0 Å². The highest BCUT2D eigenvalue weighted by atomic mass is 16.5. The molecule has 1 heterocycles. The molecule has 116 valence electrons. The molecule has 0 bridgehead atoms. The average Bonchev–Trinajstić information content (AvgIpc) is 2.93. The number of likely N-dealkylation sites (tertiary alicyclic amines) is 1. The number of ether oxygens (including phenoxy) is 1. The van der Waals surface area contributed by atoms with Crippen LogP contribution in [0.1, 0.15) is 30.1 Å². The van der Waals surface area contributed by atoms with Crippen molar-refractivity contribution in [1.82, 2.24) is 4.90 Å². The van der Waals surface area contributed by atoms with E-state index in [0.717, 1.165) is 18.8 Å². The maximum Gasteiger partial charge on any atom is 0.337 e. The molecule has 5 nitrogen and oxygen atoms in total. The average molecular weight is 291 g/mol. The Labute approximate surface area is 126 Å². The van der Waals surface area contributed by atoms with Crippen LogP contribution in [-0.4, -0.2) is 50.7 Å². The van der Waals surface area contributed by atoms with Crippen LogP contribution in [0, 0.1) is 0 Å². The van der Waals surface area contributed by atoms with Crippen LogP contribution in [0.3, 0.4) is 0 Å². The molecular weight excluding hydrogens is 266 g/mol. The van der Waals surface area contributed by atoms with Gasteiger partial charge in [0.2, 0.25) is 0 Å². The summed E-state index contributed by atoms with van der Waals surface area (Å²) in [6, 6.07) is 5.93. The van der Waals surface area contributed by atoms with E-state index in [4.69, 9.17) is 10.5 Å². The molecule has 1 unspecified atom stereocenters. The Morgan fingerprint density at radius 2 is 2.29 bits per heavy atom. The first-order chi connectivity index (χ1) is 10.1. The van der Waals surface area contributed by atoms with Crippen LogP contribution in [0.25, 0.3) is 0 Å². The molecule has 1 aliphatic heterocycles. The summed E-state index contributed by atoms with van der Waals surface area (Å²) < 4.78 is 4.71. The van der Waals surface area contributed by atoms with Gasteiger partial charge < -0.3 is 15.4 Å². The fraction of sp³-hybridized carbons (Fsp3) is 0.562. The van der Waals surface area contributed by atoms with Crippen LogP contribution in [0.5, 0.6) is 0 Å². The molecule has 1 fully saturated rings. The quantitative estimate of drug-likeness (QED) is 0.664. The number of anilines is 2.